The van der Waals surface area contributed by atoms with Crippen LogP contribution in [0, 0.1) is 0 Å². The van der Waals surface area contributed by atoms with Crippen LogP contribution >= 0.6 is 0 Å². The second-order valence-corrected chi connectivity index (χ2v) is 7.62. The molecular weight excluding hydrogens is 274 g/mol. The highest BCUT2D eigenvalue weighted by Crippen LogP contribution is 2.45. The molecule has 0 aliphatic heterocycles. The Balaban J connectivity index is 2.30. The summed E-state index contributed by atoms with van der Waals surface area (Å²) in [6, 6.07) is 6.10. The number of Topliss-reactive ketones (excluding diaryl/α,β-unsaturated/α-hetero) is 1. The molecule has 0 radical (unpaired) electrons. The molecule has 1 amide bonds. The lowest BCUT2D eigenvalue weighted by Crippen LogP contribution is -2.34. The fraction of sp³-hybridized carbons (Fsp3) is 0.579. The van der Waals surface area contributed by atoms with Gasteiger partial charge in [-0.1, -0.05) is 39.8 Å². The molecule has 3 heteroatoms. The number of carbonyl (C=O) groups excluding carboxylic acids is 2. The van der Waals surface area contributed by atoms with Gasteiger partial charge in [-0.2, -0.15) is 0 Å². The van der Waals surface area contributed by atoms with E-state index in [0.29, 0.717) is 0 Å². The average Bonchev–Trinajstić information content (AvgIpc) is 2.48. The molecule has 0 spiro atoms. The Hall–Kier alpha value is -1.64. The third-order valence-corrected chi connectivity index (χ3v) is 5.03. The fourth-order valence-corrected chi connectivity index (χ4v) is 3.26. The number of carbonyl (C=O) groups is 2. The van der Waals surface area contributed by atoms with Crippen molar-refractivity contribution in [2.75, 3.05) is 7.05 Å². The van der Waals surface area contributed by atoms with Gasteiger partial charge in [0.2, 0.25) is 5.91 Å². The summed E-state index contributed by atoms with van der Waals surface area (Å²) < 4.78 is 0. The molecule has 0 bridgehead atoms. The van der Waals surface area contributed by atoms with Crippen LogP contribution in [0.1, 0.15) is 74.9 Å². The number of rotatable bonds is 4. The third-order valence-electron chi connectivity index (χ3n) is 5.03. The van der Waals surface area contributed by atoms with Crippen LogP contribution in [0.4, 0.5) is 0 Å². The van der Waals surface area contributed by atoms with Crippen molar-refractivity contribution in [1.82, 2.24) is 5.32 Å². The van der Waals surface area contributed by atoms with Gasteiger partial charge in [-0.05, 0) is 40.9 Å². The Kier molecular flexibility index (Phi) is 4.46. The highest BCUT2D eigenvalue weighted by Gasteiger charge is 2.37. The van der Waals surface area contributed by atoms with Crippen LogP contribution < -0.4 is 5.32 Å². The molecule has 22 heavy (non-hydrogen) atoms. The Labute approximate surface area is 133 Å². The van der Waals surface area contributed by atoms with Crippen LogP contribution in [0.2, 0.25) is 0 Å². The minimum atomic E-state index is -0.0900. The molecule has 1 aromatic rings. The maximum absolute atomic E-state index is 12.3. The SMILES string of the molecule is CNC(=O)CCC(=O)c1ccc2c(c1)C(C)(C)CCC2(C)C. The van der Waals surface area contributed by atoms with E-state index in [0.717, 1.165) is 18.4 Å². The summed E-state index contributed by atoms with van der Waals surface area (Å²) in [4.78, 5) is 23.6. The van der Waals surface area contributed by atoms with Crippen LogP contribution in [0.5, 0.6) is 0 Å². The van der Waals surface area contributed by atoms with Crippen molar-refractivity contribution in [3.63, 3.8) is 0 Å². The predicted molar refractivity (Wildman–Crippen MR) is 89.4 cm³/mol. The van der Waals surface area contributed by atoms with Crippen molar-refractivity contribution >= 4 is 11.7 Å². The van der Waals surface area contributed by atoms with Crippen LogP contribution in [-0.2, 0) is 15.6 Å². The van der Waals surface area contributed by atoms with Crippen molar-refractivity contribution in [2.24, 2.45) is 0 Å². The van der Waals surface area contributed by atoms with E-state index in [1.165, 1.54) is 11.1 Å². The molecule has 2 rings (SSSR count). The molecule has 1 aliphatic carbocycles. The summed E-state index contributed by atoms with van der Waals surface area (Å²) in [7, 11) is 1.59. The smallest absolute Gasteiger partial charge is 0.220 e. The molecule has 0 saturated carbocycles. The van der Waals surface area contributed by atoms with Crippen LogP contribution in [-0.4, -0.2) is 18.7 Å². The zero-order valence-corrected chi connectivity index (χ0v) is 14.4. The molecule has 0 heterocycles. The number of hydrogen-bond acceptors (Lipinski definition) is 2. The Morgan fingerprint density at radius 3 is 2.18 bits per heavy atom. The van der Waals surface area contributed by atoms with Gasteiger partial charge in [0, 0.05) is 25.5 Å². The number of nitrogens with one attached hydrogen (secondary N) is 1. The van der Waals surface area contributed by atoms with Gasteiger partial charge in [0.1, 0.15) is 0 Å². The normalized spacial score (nSPS) is 18.4. The highest BCUT2D eigenvalue weighted by atomic mass is 16.2. The first-order chi connectivity index (χ1) is 10.2. The quantitative estimate of drug-likeness (QED) is 0.861. The fourth-order valence-electron chi connectivity index (χ4n) is 3.26. The first-order valence-corrected chi connectivity index (χ1v) is 8.06. The molecule has 3 nitrogen and oxygen atoms in total. The van der Waals surface area contributed by atoms with Gasteiger partial charge in [0.05, 0.1) is 0 Å². The van der Waals surface area contributed by atoms with Crippen LogP contribution in [0.25, 0.3) is 0 Å². The molecule has 120 valence electrons. The molecular formula is C19H27NO2. The molecule has 1 aromatic carbocycles. The zero-order chi connectivity index (χ0) is 16.5. The summed E-state index contributed by atoms with van der Waals surface area (Å²) in [6.07, 6.45) is 2.81. The lowest BCUT2D eigenvalue weighted by molar-refractivity contribution is -0.120. The van der Waals surface area contributed by atoms with Gasteiger partial charge in [0.25, 0.3) is 0 Å². The summed E-state index contributed by atoms with van der Waals surface area (Å²) in [5.41, 5.74) is 3.63. The van der Waals surface area contributed by atoms with Gasteiger partial charge in [-0.25, -0.2) is 0 Å². The molecule has 0 fully saturated rings. The molecule has 0 unspecified atom stereocenters. The van der Waals surface area contributed by atoms with Crippen molar-refractivity contribution in [3.05, 3.63) is 34.9 Å². The Morgan fingerprint density at radius 1 is 1.00 bits per heavy atom. The lowest BCUT2D eigenvalue weighted by Gasteiger charge is -2.42. The maximum Gasteiger partial charge on any atom is 0.220 e. The summed E-state index contributed by atoms with van der Waals surface area (Å²) in [5, 5.41) is 2.55. The zero-order valence-electron chi connectivity index (χ0n) is 14.4. The van der Waals surface area contributed by atoms with Crippen molar-refractivity contribution in [2.45, 2.75) is 64.2 Å². The molecule has 1 N–H and O–H groups in total. The van der Waals surface area contributed by atoms with Gasteiger partial charge in [-0.3, -0.25) is 9.59 Å². The summed E-state index contributed by atoms with van der Waals surface area (Å²) >= 11 is 0. The summed E-state index contributed by atoms with van der Waals surface area (Å²) in [6.45, 7) is 9.04. The van der Waals surface area contributed by atoms with E-state index in [1.54, 1.807) is 7.05 Å². The second-order valence-electron chi connectivity index (χ2n) is 7.62. The van der Waals surface area contributed by atoms with Crippen molar-refractivity contribution in [3.8, 4) is 0 Å². The largest absolute Gasteiger partial charge is 0.359 e. The number of benzene rings is 1. The Morgan fingerprint density at radius 2 is 1.59 bits per heavy atom. The molecule has 0 aromatic heterocycles. The topological polar surface area (TPSA) is 46.2 Å². The Bertz CT molecular complexity index is 599. The van der Waals surface area contributed by atoms with E-state index in [1.807, 2.05) is 6.07 Å². The number of amides is 1. The minimum Gasteiger partial charge on any atom is -0.359 e. The maximum atomic E-state index is 12.3. The summed E-state index contributed by atoms with van der Waals surface area (Å²) in [5.74, 6) is -0.0432. The monoisotopic (exact) mass is 301 g/mol. The van der Waals surface area contributed by atoms with E-state index in [4.69, 9.17) is 0 Å². The third kappa shape index (κ3) is 3.23. The van der Waals surface area contributed by atoms with E-state index in [9.17, 15) is 9.59 Å². The first kappa shape index (κ1) is 16.7. The van der Waals surface area contributed by atoms with E-state index in [-0.39, 0.29) is 35.4 Å². The minimum absolute atomic E-state index is 0.0468. The lowest BCUT2D eigenvalue weighted by atomic mass is 9.63. The number of ketones is 1. The molecule has 1 aliphatic rings. The second kappa shape index (κ2) is 5.86. The van der Waals surface area contributed by atoms with Gasteiger partial charge in [-0.15, -0.1) is 0 Å². The van der Waals surface area contributed by atoms with Crippen LogP contribution in [0.15, 0.2) is 18.2 Å². The van der Waals surface area contributed by atoms with Crippen LogP contribution in [0.3, 0.4) is 0 Å². The van der Waals surface area contributed by atoms with Gasteiger partial charge in [0.15, 0.2) is 5.78 Å². The van der Waals surface area contributed by atoms with Crippen molar-refractivity contribution < 1.29 is 9.59 Å². The standard InChI is InChI=1S/C19H27NO2/c1-18(2)10-11-19(3,4)15-12-13(6-7-14(15)18)16(21)8-9-17(22)20-5/h6-7,12H,8-11H2,1-5H3,(H,20,22). The van der Waals surface area contributed by atoms with E-state index >= 15 is 0 Å². The van der Waals surface area contributed by atoms with E-state index < -0.39 is 0 Å². The first-order valence-electron chi connectivity index (χ1n) is 8.06. The average molecular weight is 301 g/mol. The highest BCUT2D eigenvalue weighted by molar-refractivity contribution is 5.98. The molecule has 0 atom stereocenters. The molecule has 0 saturated heterocycles. The number of fused-ring (bicyclic) bond motifs is 1. The van der Waals surface area contributed by atoms with Gasteiger partial charge >= 0.3 is 0 Å². The number of hydrogen-bond donors (Lipinski definition) is 1. The van der Waals surface area contributed by atoms with Gasteiger partial charge < -0.3 is 5.32 Å². The van der Waals surface area contributed by atoms with E-state index in [2.05, 4.69) is 45.1 Å². The predicted octanol–water partition coefficient (Wildman–Crippen LogP) is 3.74. The van der Waals surface area contributed by atoms with Crippen molar-refractivity contribution in [1.29, 1.82) is 0 Å².